The zero-order valence-electron chi connectivity index (χ0n) is 15.2. The van der Waals surface area contributed by atoms with Crippen molar-refractivity contribution in [3.05, 3.63) is 58.7 Å². The standard InChI is InChI=1S/C19H17ClN4O3S2/c20-14-10-13(19(26)27)11-21-15(14)23-6-8-24(9-7-23)18(29)17(28)22-16(25)12-4-2-1-3-5-12/h1-5,10-11H,6-9H2,(H,26,27)(H,22,25,28). The maximum atomic E-state index is 12.2. The molecule has 0 aliphatic carbocycles. The Morgan fingerprint density at radius 2 is 1.72 bits per heavy atom. The minimum absolute atomic E-state index is 0.0399. The molecule has 7 nitrogen and oxygen atoms in total. The molecule has 1 aromatic heterocycles. The summed E-state index contributed by atoms with van der Waals surface area (Å²) in [6, 6.07) is 10.2. The molecule has 2 aromatic rings. The highest BCUT2D eigenvalue weighted by molar-refractivity contribution is 7.89. The van der Waals surface area contributed by atoms with Crippen molar-refractivity contribution >= 4 is 63.7 Å². The molecule has 2 heterocycles. The Labute approximate surface area is 183 Å². The van der Waals surface area contributed by atoms with Crippen molar-refractivity contribution in [1.82, 2.24) is 15.2 Å². The fourth-order valence-electron chi connectivity index (χ4n) is 2.86. The van der Waals surface area contributed by atoms with E-state index in [9.17, 15) is 9.59 Å². The van der Waals surface area contributed by atoms with Crippen LogP contribution in [0.4, 0.5) is 5.82 Å². The molecule has 150 valence electrons. The minimum atomic E-state index is -1.08. The van der Waals surface area contributed by atoms with E-state index in [4.69, 9.17) is 41.1 Å². The van der Waals surface area contributed by atoms with E-state index in [1.54, 1.807) is 24.3 Å². The second-order valence-corrected chi connectivity index (χ2v) is 7.47. The summed E-state index contributed by atoms with van der Waals surface area (Å²) in [6.45, 7) is 2.29. The van der Waals surface area contributed by atoms with Crippen LogP contribution in [0.1, 0.15) is 20.7 Å². The summed E-state index contributed by atoms with van der Waals surface area (Å²) in [6.07, 6.45) is 1.29. The van der Waals surface area contributed by atoms with E-state index >= 15 is 0 Å². The maximum Gasteiger partial charge on any atom is 0.337 e. The van der Waals surface area contributed by atoms with Gasteiger partial charge in [-0.25, -0.2) is 9.78 Å². The number of piperazine rings is 1. The van der Waals surface area contributed by atoms with E-state index in [0.29, 0.717) is 42.5 Å². The van der Waals surface area contributed by atoms with Crippen LogP contribution in [0.3, 0.4) is 0 Å². The molecule has 1 aliphatic rings. The van der Waals surface area contributed by atoms with Crippen molar-refractivity contribution in [2.75, 3.05) is 31.1 Å². The molecule has 29 heavy (non-hydrogen) atoms. The lowest BCUT2D eigenvalue weighted by Crippen LogP contribution is -2.52. The number of thiocarbonyl (C=S) groups is 2. The molecule has 1 saturated heterocycles. The van der Waals surface area contributed by atoms with Gasteiger partial charge in [-0.3, -0.25) is 4.79 Å². The van der Waals surface area contributed by atoms with Gasteiger partial charge in [0.25, 0.3) is 5.91 Å². The molecule has 1 aromatic carbocycles. The number of aromatic nitrogens is 1. The molecule has 0 saturated carbocycles. The summed E-state index contributed by atoms with van der Waals surface area (Å²) in [4.78, 5) is 31.9. The van der Waals surface area contributed by atoms with Crippen molar-refractivity contribution in [2.24, 2.45) is 0 Å². The fraction of sp³-hybridized carbons (Fsp3) is 0.211. The third-order valence-corrected chi connectivity index (χ3v) is 5.56. The zero-order chi connectivity index (χ0) is 21.0. The molecule has 0 radical (unpaired) electrons. The molecular formula is C19H17ClN4O3S2. The van der Waals surface area contributed by atoms with Crippen molar-refractivity contribution in [3.63, 3.8) is 0 Å². The second kappa shape index (κ2) is 9.25. The second-order valence-electron chi connectivity index (χ2n) is 6.26. The van der Waals surface area contributed by atoms with Crippen molar-refractivity contribution < 1.29 is 14.7 Å². The number of anilines is 1. The first-order valence-electron chi connectivity index (χ1n) is 8.70. The van der Waals surface area contributed by atoms with Gasteiger partial charge in [-0.1, -0.05) is 54.2 Å². The van der Waals surface area contributed by atoms with Crippen LogP contribution in [-0.4, -0.2) is 63.0 Å². The Hall–Kier alpha value is -2.62. The first-order valence-corrected chi connectivity index (χ1v) is 9.89. The van der Waals surface area contributed by atoms with Crippen LogP contribution in [0.5, 0.6) is 0 Å². The summed E-state index contributed by atoms with van der Waals surface area (Å²) in [7, 11) is 0. The van der Waals surface area contributed by atoms with Crippen LogP contribution in [0.15, 0.2) is 42.6 Å². The third kappa shape index (κ3) is 5.06. The number of carboxylic acids is 1. The molecule has 0 atom stereocenters. The smallest absolute Gasteiger partial charge is 0.337 e. The van der Waals surface area contributed by atoms with Crippen LogP contribution in [0.2, 0.25) is 5.02 Å². The summed E-state index contributed by atoms with van der Waals surface area (Å²) in [5, 5.41) is 12.0. The van der Waals surface area contributed by atoms with Crippen LogP contribution >= 0.6 is 36.0 Å². The summed E-state index contributed by atoms with van der Waals surface area (Å²) < 4.78 is 0. The fourth-order valence-corrected chi connectivity index (χ4v) is 3.60. The molecule has 3 rings (SSSR count). The van der Waals surface area contributed by atoms with Gasteiger partial charge < -0.3 is 20.2 Å². The predicted octanol–water partition coefficient (Wildman–Crippen LogP) is 2.64. The predicted molar refractivity (Wildman–Crippen MR) is 119 cm³/mol. The van der Waals surface area contributed by atoms with Gasteiger partial charge in [-0.2, -0.15) is 0 Å². The summed E-state index contributed by atoms with van der Waals surface area (Å²) >= 11 is 16.9. The lowest BCUT2D eigenvalue weighted by atomic mass is 10.2. The van der Waals surface area contributed by atoms with Crippen molar-refractivity contribution in [1.29, 1.82) is 0 Å². The number of nitrogens with zero attached hydrogens (tertiary/aromatic N) is 3. The first kappa shape index (κ1) is 21.1. The Bertz CT molecular complexity index is 963. The lowest BCUT2D eigenvalue weighted by Gasteiger charge is -2.37. The quantitative estimate of drug-likeness (QED) is 0.693. The normalized spacial score (nSPS) is 13.7. The van der Waals surface area contributed by atoms with Gasteiger partial charge in [0.1, 0.15) is 15.8 Å². The Morgan fingerprint density at radius 3 is 2.31 bits per heavy atom. The molecule has 10 heteroatoms. The average Bonchev–Trinajstić information content (AvgIpc) is 2.73. The lowest BCUT2D eigenvalue weighted by molar-refractivity contribution is 0.0696. The average molecular weight is 449 g/mol. The Kier molecular flexibility index (Phi) is 6.73. The molecule has 1 fully saturated rings. The molecule has 1 amide bonds. The van der Waals surface area contributed by atoms with E-state index in [1.165, 1.54) is 12.3 Å². The molecule has 0 spiro atoms. The van der Waals surface area contributed by atoms with E-state index in [-0.39, 0.29) is 21.5 Å². The van der Waals surface area contributed by atoms with Gasteiger partial charge >= 0.3 is 5.97 Å². The number of benzene rings is 1. The SMILES string of the molecule is O=C(O)c1cnc(N2CCN(C(=S)C(=S)NC(=O)c3ccccc3)CC2)c(Cl)c1. The number of rotatable bonds is 3. The van der Waals surface area contributed by atoms with Crippen LogP contribution in [0.25, 0.3) is 0 Å². The number of carbonyl (C=O) groups is 2. The van der Waals surface area contributed by atoms with Crippen LogP contribution in [-0.2, 0) is 0 Å². The maximum absolute atomic E-state index is 12.2. The largest absolute Gasteiger partial charge is 0.478 e. The molecule has 0 unspecified atom stereocenters. The van der Waals surface area contributed by atoms with Crippen molar-refractivity contribution in [2.45, 2.75) is 0 Å². The number of aromatic carboxylic acids is 1. The van der Waals surface area contributed by atoms with E-state index < -0.39 is 5.97 Å². The monoisotopic (exact) mass is 448 g/mol. The Balaban J connectivity index is 1.57. The number of halogens is 1. The molecule has 1 aliphatic heterocycles. The van der Waals surface area contributed by atoms with Crippen LogP contribution < -0.4 is 10.2 Å². The number of pyridine rings is 1. The Morgan fingerprint density at radius 1 is 1.07 bits per heavy atom. The van der Waals surface area contributed by atoms with Gasteiger partial charge in [0.2, 0.25) is 0 Å². The van der Waals surface area contributed by atoms with Gasteiger partial charge in [0.05, 0.1) is 10.6 Å². The number of nitrogens with one attached hydrogen (secondary N) is 1. The number of amides is 1. The highest BCUT2D eigenvalue weighted by Gasteiger charge is 2.24. The van der Waals surface area contributed by atoms with Crippen LogP contribution in [0, 0.1) is 0 Å². The highest BCUT2D eigenvalue weighted by atomic mass is 35.5. The van der Waals surface area contributed by atoms with E-state index in [0.717, 1.165) is 0 Å². The molecule has 2 N–H and O–H groups in total. The van der Waals surface area contributed by atoms with Gasteiger partial charge in [-0.05, 0) is 18.2 Å². The van der Waals surface area contributed by atoms with Gasteiger partial charge in [0, 0.05) is 37.9 Å². The zero-order valence-corrected chi connectivity index (χ0v) is 17.6. The minimum Gasteiger partial charge on any atom is -0.478 e. The molecule has 0 bridgehead atoms. The molecular weight excluding hydrogens is 432 g/mol. The van der Waals surface area contributed by atoms with Gasteiger partial charge in [0.15, 0.2) is 0 Å². The number of hydrogen-bond acceptors (Lipinski definition) is 6. The number of carboxylic acid groups (broad SMARTS) is 1. The van der Waals surface area contributed by atoms with E-state index in [2.05, 4.69) is 10.3 Å². The first-order chi connectivity index (χ1) is 13.9. The third-order valence-electron chi connectivity index (χ3n) is 4.39. The summed E-state index contributed by atoms with van der Waals surface area (Å²) in [5.41, 5.74) is 0.547. The summed E-state index contributed by atoms with van der Waals surface area (Å²) in [5.74, 6) is -0.847. The number of hydrogen-bond donors (Lipinski definition) is 2. The van der Waals surface area contributed by atoms with Gasteiger partial charge in [-0.15, -0.1) is 0 Å². The van der Waals surface area contributed by atoms with E-state index in [1.807, 2.05) is 15.9 Å². The van der Waals surface area contributed by atoms with Crippen molar-refractivity contribution in [3.8, 4) is 0 Å². The number of carbonyl (C=O) groups excluding carboxylic acids is 1. The topological polar surface area (TPSA) is 85.8 Å². The highest BCUT2D eigenvalue weighted by Crippen LogP contribution is 2.25.